The average molecular weight is 405 g/mol. The van der Waals surface area contributed by atoms with Crippen molar-refractivity contribution >= 4 is 27.9 Å². The molecule has 2 aromatic carbocycles. The molecule has 0 aliphatic heterocycles. The summed E-state index contributed by atoms with van der Waals surface area (Å²) in [5.74, 6) is 0.905. The minimum atomic E-state index is -0.711. The molecule has 0 aliphatic carbocycles. The molecule has 4 aromatic rings. The summed E-state index contributed by atoms with van der Waals surface area (Å²) in [7, 11) is 1.50. The monoisotopic (exact) mass is 405 g/mol. The largest absolute Gasteiger partial charge is 0.493 e. The zero-order chi connectivity index (χ0) is 21.3. The van der Waals surface area contributed by atoms with Crippen molar-refractivity contribution in [2.75, 3.05) is 7.11 Å². The van der Waals surface area contributed by atoms with Gasteiger partial charge in [0.1, 0.15) is 11.4 Å². The highest BCUT2D eigenvalue weighted by atomic mass is 16.5. The molecule has 2 heterocycles. The van der Waals surface area contributed by atoms with Crippen LogP contribution in [0.15, 0.2) is 57.7 Å². The van der Waals surface area contributed by atoms with Crippen LogP contribution in [0.4, 0.5) is 0 Å². The zero-order valence-corrected chi connectivity index (χ0v) is 17.1. The van der Waals surface area contributed by atoms with Crippen LogP contribution in [-0.4, -0.2) is 23.0 Å². The molecule has 2 N–H and O–H groups in total. The van der Waals surface area contributed by atoms with Gasteiger partial charge < -0.3 is 19.5 Å². The lowest BCUT2D eigenvalue weighted by molar-refractivity contribution is 0.0926. The lowest BCUT2D eigenvalue weighted by Gasteiger charge is -2.18. The van der Waals surface area contributed by atoms with Gasteiger partial charge in [0.05, 0.1) is 24.2 Å². The Balaban J connectivity index is 1.68. The first-order chi connectivity index (χ1) is 14.5. The molecule has 0 saturated heterocycles. The Morgan fingerprint density at radius 1 is 1.20 bits per heavy atom. The fourth-order valence-corrected chi connectivity index (χ4v) is 3.52. The summed E-state index contributed by atoms with van der Waals surface area (Å²) in [5, 5.41) is 3.57. The Hall–Kier alpha value is -3.61. The molecule has 30 heavy (non-hydrogen) atoms. The number of ether oxygens (including phenoxy) is 1. The third-order valence-electron chi connectivity index (χ3n) is 4.94. The number of nitrogens with zero attached hydrogens (tertiary/aromatic N) is 1. The first-order valence-electron chi connectivity index (χ1n) is 9.82. The molecule has 0 fully saturated rings. The van der Waals surface area contributed by atoms with Crippen LogP contribution in [0.3, 0.4) is 0 Å². The van der Waals surface area contributed by atoms with Gasteiger partial charge in [0.2, 0.25) is 0 Å². The van der Waals surface area contributed by atoms with Gasteiger partial charge >= 0.3 is 5.63 Å². The van der Waals surface area contributed by atoms with Crippen LogP contribution in [0.1, 0.15) is 42.5 Å². The number of imidazole rings is 1. The number of methoxy groups -OCH3 is 1. The van der Waals surface area contributed by atoms with Crippen LogP contribution in [-0.2, 0) is 0 Å². The predicted octanol–water partition coefficient (Wildman–Crippen LogP) is 4.20. The topological polar surface area (TPSA) is 97.2 Å². The summed E-state index contributed by atoms with van der Waals surface area (Å²) in [4.78, 5) is 33.4. The fraction of sp³-hybridized carbons (Fsp3) is 0.261. The number of carbonyl (C=O) groups is 1. The van der Waals surface area contributed by atoms with Crippen molar-refractivity contribution < 1.29 is 13.9 Å². The Kier molecular flexibility index (Phi) is 5.27. The molecule has 7 heteroatoms. The summed E-state index contributed by atoms with van der Waals surface area (Å²) in [5.41, 5.74) is 1.27. The number of hydrogen-bond acceptors (Lipinski definition) is 5. The SMILES string of the molecule is COc1cccc2cc(C(=O)N[C@@H](CC(C)C)c3nc4ccccc4[nH]3)c(=O)oc12. The number of benzene rings is 2. The van der Waals surface area contributed by atoms with Crippen molar-refractivity contribution in [2.45, 2.75) is 26.3 Å². The number of amides is 1. The summed E-state index contributed by atoms with van der Waals surface area (Å²) in [6.45, 7) is 4.14. The van der Waals surface area contributed by atoms with Gasteiger partial charge in [-0.25, -0.2) is 9.78 Å². The smallest absolute Gasteiger partial charge is 0.349 e. The molecule has 1 atom stereocenters. The van der Waals surface area contributed by atoms with E-state index in [0.29, 0.717) is 34.9 Å². The van der Waals surface area contributed by atoms with Gasteiger partial charge in [-0.3, -0.25) is 4.79 Å². The van der Waals surface area contributed by atoms with Crippen molar-refractivity contribution in [1.29, 1.82) is 0 Å². The van der Waals surface area contributed by atoms with Crippen LogP contribution < -0.4 is 15.7 Å². The van der Waals surface area contributed by atoms with Gasteiger partial charge in [-0.1, -0.05) is 38.1 Å². The minimum Gasteiger partial charge on any atom is -0.493 e. The van der Waals surface area contributed by atoms with Crippen LogP contribution in [0.5, 0.6) is 5.75 Å². The summed E-state index contributed by atoms with van der Waals surface area (Å²) >= 11 is 0. The molecule has 0 spiro atoms. The Morgan fingerprint density at radius 2 is 2.00 bits per heavy atom. The lowest BCUT2D eigenvalue weighted by Crippen LogP contribution is -2.33. The second-order valence-corrected chi connectivity index (χ2v) is 7.62. The number of hydrogen-bond donors (Lipinski definition) is 2. The second-order valence-electron chi connectivity index (χ2n) is 7.62. The Bertz CT molecular complexity index is 1240. The summed E-state index contributed by atoms with van der Waals surface area (Å²) in [6.07, 6.45) is 0.665. The van der Waals surface area contributed by atoms with Crippen LogP contribution in [0.25, 0.3) is 22.0 Å². The Labute approximate surface area is 173 Å². The molecule has 154 valence electrons. The van der Waals surface area contributed by atoms with Crippen molar-refractivity contribution in [1.82, 2.24) is 15.3 Å². The third-order valence-corrected chi connectivity index (χ3v) is 4.94. The van der Waals surface area contributed by atoms with Crippen molar-refractivity contribution in [3.8, 4) is 5.75 Å². The molecular weight excluding hydrogens is 382 g/mol. The van der Waals surface area contributed by atoms with Gasteiger partial charge in [0.25, 0.3) is 5.91 Å². The van der Waals surface area contributed by atoms with Gasteiger partial charge in [-0.2, -0.15) is 0 Å². The highest BCUT2D eigenvalue weighted by Crippen LogP contribution is 2.25. The maximum Gasteiger partial charge on any atom is 0.349 e. The number of carbonyl (C=O) groups excluding carboxylic acids is 1. The quantitative estimate of drug-likeness (QED) is 0.469. The maximum absolute atomic E-state index is 13.0. The Morgan fingerprint density at radius 3 is 2.73 bits per heavy atom. The molecule has 4 rings (SSSR count). The van der Waals surface area contributed by atoms with Gasteiger partial charge in [-0.05, 0) is 36.6 Å². The second kappa shape index (κ2) is 8.02. The first kappa shape index (κ1) is 19.7. The van der Waals surface area contributed by atoms with Crippen molar-refractivity contribution in [3.05, 3.63) is 70.3 Å². The predicted molar refractivity (Wildman–Crippen MR) is 115 cm³/mol. The van der Waals surface area contributed by atoms with E-state index in [4.69, 9.17) is 9.15 Å². The van der Waals surface area contributed by atoms with Crippen molar-refractivity contribution in [3.63, 3.8) is 0 Å². The molecular formula is C23H23N3O4. The number of nitrogens with one attached hydrogen (secondary N) is 2. The van der Waals surface area contributed by atoms with E-state index in [1.54, 1.807) is 18.2 Å². The number of aromatic nitrogens is 2. The molecule has 0 saturated carbocycles. The molecule has 2 aromatic heterocycles. The van der Waals surface area contributed by atoms with E-state index in [-0.39, 0.29) is 11.6 Å². The normalized spacial score (nSPS) is 12.4. The average Bonchev–Trinajstić information content (AvgIpc) is 3.16. The van der Waals surface area contributed by atoms with E-state index in [1.807, 2.05) is 24.3 Å². The van der Waals surface area contributed by atoms with E-state index in [9.17, 15) is 9.59 Å². The molecule has 0 unspecified atom stereocenters. The molecule has 7 nitrogen and oxygen atoms in total. The first-order valence-corrected chi connectivity index (χ1v) is 9.82. The zero-order valence-electron chi connectivity index (χ0n) is 17.1. The highest BCUT2D eigenvalue weighted by Gasteiger charge is 2.23. The van der Waals surface area contributed by atoms with Gasteiger partial charge in [0, 0.05) is 5.39 Å². The molecule has 1 amide bonds. The van der Waals surface area contributed by atoms with E-state index >= 15 is 0 Å². The summed E-state index contributed by atoms with van der Waals surface area (Å²) < 4.78 is 10.6. The standard InChI is InChI=1S/C23H23N3O4/c1-13(2)11-18(21-24-16-8-4-5-9-17(16)25-21)26-22(27)15-12-14-7-6-10-19(29-3)20(14)30-23(15)28/h4-10,12-13,18H,11H2,1-3H3,(H,24,25)(H,26,27)/t18-/m0/s1. The molecule has 0 radical (unpaired) electrons. The van der Waals surface area contributed by atoms with E-state index in [2.05, 4.69) is 29.1 Å². The lowest BCUT2D eigenvalue weighted by atomic mass is 10.0. The number of fused-ring (bicyclic) bond motifs is 2. The highest BCUT2D eigenvalue weighted by molar-refractivity contribution is 5.97. The van der Waals surface area contributed by atoms with E-state index < -0.39 is 11.5 Å². The minimum absolute atomic E-state index is 0.0550. The fourth-order valence-electron chi connectivity index (χ4n) is 3.52. The summed E-state index contributed by atoms with van der Waals surface area (Å²) in [6, 6.07) is 14.1. The number of rotatable bonds is 6. The number of para-hydroxylation sites is 3. The third kappa shape index (κ3) is 3.78. The molecule has 0 bridgehead atoms. The van der Waals surface area contributed by atoms with E-state index in [0.717, 1.165) is 11.0 Å². The molecule has 0 aliphatic rings. The van der Waals surface area contributed by atoms with Crippen LogP contribution >= 0.6 is 0 Å². The van der Waals surface area contributed by atoms with Crippen molar-refractivity contribution in [2.24, 2.45) is 5.92 Å². The van der Waals surface area contributed by atoms with Crippen LogP contribution in [0.2, 0.25) is 0 Å². The van der Waals surface area contributed by atoms with E-state index in [1.165, 1.54) is 13.2 Å². The number of aromatic amines is 1. The van der Waals surface area contributed by atoms with Gasteiger partial charge in [0.15, 0.2) is 11.3 Å². The maximum atomic E-state index is 13.0. The van der Waals surface area contributed by atoms with Gasteiger partial charge in [-0.15, -0.1) is 0 Å². The van der Waals surface area contributed by atoms with Crippen LogP contribution in [0, 0.1) is 5.92 Å². The number of H-pyrrole nitrogens is 1.